The van der Waals surface area contributed by atoms with Gasteiger partial charge in [-0.2, -0.15) is 35.3 Å². The molecule has 100 heavy (non-hydrogen) atoms. The van der Waals surface area contributed by atoms with Crippen molar-refractivity contribution >= 4 is 106 Å². The Morgan fingerprint density at radius 2 is 1.24 bits per heavy atom. The summed E-state index contributed by atoms with van der Waals surface area (Å²) in [5, 5.41) is 64.1. The van der Waals surface area contributed by atoms with E-state index >= 15 is 0 Å². The molecule has 6 rings (SSSR count). The zero-order valence-corrected chi connectivity index (χ0v) is 59.7. The number of aliphatic hydroxyl groups excluding tert-OH is 1. The molecule has 8 atom stereocenters. The number of hydrogen-bond acceptors (Lipinski definition) is 22. The number of rotatable bonds is 26. The van der Waals surface area contributed by atoms with Gasteiger partial charge in [0.25, 0.3) is 0 Å². The van der Waals surface area contributed by atoms with Crippen LogP contribution in [-0.2, 0) is 81.2 Å². The second-order valence-electron chi connectivity index (χ2n) is 26.1. The van der Waals surface area contributed by atoms with Crippen LogP contribution in [0, 0.1) is 0 Å². The zero-order valence-electron chi connectivity index (χ0n) is 57.3. The first kappa shape index (κ1) is 82.0. The molecule has 4 aliphatic rings. The molecule has 0 unspecified atom stereocenters. The molecule has 0 aliphatic carbocycles. The first-order chi connectivity index (χ1) is 47.8. The molecule has 5 heterocycles. The molecule has 0 saturated carbocycles. The van der Waals surface area contributed by atoms with E-state index in [0.717, 1.165) is 29.5 Å². The fraction of sp³-hybridized carbons (Fsp3) is 0.657. The van der Waals surface area contributed by atoms with Crippen molar-refractivity contribution in [3.05, 3.63) is 65.0 Å². The maximum atomic E-state index is 14.7. The number of nitrogens with zero attached hydrogens (tertiary/aromatic N) is 7. The summed E-state index contributed by atoms with van der Waals surface area (Å²) in [4.78, 5) is 174. The maximum Gasteiger partial charge on any atom is 0.327 e. The van der Waals surface area contributed by atoms with Crippen molar-refractivity contribution in [2.75, 3.05) is 115 Å². The number of fused-ring (bicyclic) bond motifs is 4. The van der Waals surface area contributed by atoms with E-state index in [-0.39, 0.29) is 121 Å². The summed E-state index contributed by atoms with van der Waals surface area (Å²) in [6.07, 6.45) is 5.91. The van der Waals surface area contributed by atoms with Gasteiger partial charge >= 0.3 is 23.9 Å². The van der Waals surface area contributed by atoms with E-state index in [1.54, 1.807) is 50.4 Å². The highest BCUT2D eigenvalue weighted by Gasteiger charge is 2.43. The zero-order chi connectivity index (χ0) is 72.7. The number of pyridine rings is 1. The molecule has 4 aliphatic heterocycles. The van der Waals surface area contributed by atoms with Crippen LogP contribution in [0.25, 0.3) is 0 Å². The van der Waals surface area contributed by atoms with Crippen molar-refractivity contribution in [3.63, 3.8) is 0 Å². The van der Waals surface area contributed by atoms with E-state index in [1.807, 2.05) is 17.0 Å². The predicted octanol–water partition coefficient (Wildman–Crippen LogP) is 0.0528. The van der Waals surface area contributed by atoms with Crippen LogP contribution in [0.1, 0.15) is 113 Å². The van der Waals surface area contributed by atoms with Gasteiger partial charge in [0.15, 0.2) is 0 Å². The van der Waals surface area contributed by atoms with Crippen molar-refractivity contribution in [1.29, 1.82) is 0 Å². The smallest absolute Gasteiger partial charge is 0.327 e. The fourth-order valence-electron chi connectivity index (χ4n) is 12.6. The highest BCUT2D eigenvalue weighted by molar-refractivity contribution is 7.99. The number of ketones is 1. The number of unbranched alkanes of at least 4 members (excludes halogenated alkanes) is 2. The quantitative estimate of drug-likeness (QED) is 0.0555. The van der Waals surface area contributed by atoms with Crippen molar-refractivity contribution in [2.24, 2.45) is 5.73 Å². The molecule has 1 aromatic heterocycles. The van der Waals surface area contributed by atoms with E-state index in [4.69, 9.17) is 5.73 Å². The molecule has 3 fully saturated rings. The van der Waals surface area contributed by atoms with Gasteiger partial charge in [-0.15, -0.1) is 0 Å². The van der Waals surface area contributed by atoms with E-state index in [9.17, 15) is 83.1 Å². The third kappa shape index (κ3) is 29.2. The highest BCUT2D eigenvalue weighted by atomic mass is 32.2. The highest BCUT2D eigenvalue weighted by Crippen LogP contribution is 2.28. The van der Waals surface area contributed by atoms with Gasteiger partial charge in [-0.25, -0.2) is 4.79 Å². The van der Waals surface area contributed by atoms with Crippen molar-refractivity contribution < 1.29 is 83.1 Å². The third-order valence-electron chi connectivity index (χ3n) is 17.8. The Kier molecular flexibility index (Phi) is 35.3. The lowest BCUT2D eigenvalue weighted by Crippen LogP contribution is -2.61. The summed E-state index contributed by atoms with van der Waals surface area (Å²) in [5.74, 6) is -7.13. The Morgan fingerprint density at radius 3 is 1.81 bits per heavy atom. The summed E-state index contributed by atoms with van der Waals surface area (Å²) >= 11 is 4.46. The van der Waals surface area contributed by atoms with Gasteiger partial charge in [0.1, 0.15) is 36.0 Å². The average molecular weight is 1460 g/mol. The lowest BCUT2D eigenvalue weighted by atomic mass is 10.0. The Bertz CT molecular complexity index is 3060. The Hall–Kier alpha value is -6.98. The van der Waals surface area contributed by atoms with E-state index in [2.05, 4.69) is 49.5 Å². The Labute approximate surface area is 596 Å². The van der Waals surface area contributed by atoms with Crippen LogP contribution >= 0.6 is 35.3 Å². The molecule has 7 amide bonds. The van der Waals surface area contributed by atoms with Crippen LogP contribution in [0.2, 0.25) is 0 Å². The van der Waals surface area contributed by atoms with Gasteiger partial charge in [0.05, 0.1) is 44.4 Å². The number of amides is 7. The van der Waals surface area contributed by atoms with Gasteiger partial charge < -0.3 is 62.8 Å². The largest absolute Gasteiger partial charge is 0.480 e. The van der Waals surface area contributed by atoms with Gasteiger partial charge in [-0.1, -0.05) is 44.0 Å². The molecular formula is C67H101N13O17S3. The number of carbonyl (C=O) groups excluding carboxylic acids is 8. The number of nitrogens with one attached hydrogen (secondary N) is 5. The number of nitrogens with two attached hydrogens (primary N) is 1. The molecule has 33 heteroatoms. The van der Waals surface area contributed by atoms with E-state index in [1.165, 1.54) is 36.0 Å². The number of aliphatic hydroxyl groups is 1. The predicted molar refractivity (Wildman–Crippen MR) is 377 cm³/mol. The lowest BCUT2D eigenvalue weighted by Gasteiger charge is -2.33. The Balaban J connectivity index is 1.24. The van der Waals surface area contributed by atoms with Crippen LogP contribution in [0.4, 0.5) is 0 Å². The molecule has 2 aromatic rings. The molecule has 0 spiro atoms. The summed E-state index contributed by atoms with van der Waals surface area (Å²) in [5.41, 5.74) is 8.72. The van der Waals surface area contributed by atoms with E-state index in [0.29, 0.717) is 99.0 Å². The molecular weight excluding hydrogens is 1360 g/mol. The second-order valence-corrected chi connectivity index (χ2v) is 29.2. The van der Waals surface area contributed by atoms with Crippen LogP contribution in [0.15, 0.2) is 42.7 Å². The number of aromatic nitrogens is 1. The number of benzene rings is 1. The number of primary amides is 1. The van der Waals surface area contributed by atoms with Crippen molar-refractivity contribution in [2.45, 2.75) is 163 Å². The monoisotopic (exact) mass is 1460 g/mol. The summed E-state index contributed by atoms with van der Waals surface area (Å²) < 4.78 is 0. The number of Topliss-reactive ketones (excluding diaryl/α,β-unsaturated/α-hetero) is 1. The molecule has 3 saturated heterocycles. The SMILES string of the molecule is CCCCCC(=O)N[C@H]1CSCc2cc(CSCCCC(=O)CN3CCN(CC(=O)O)CCN(CC(=O)O)CCN(CC(=O)O)CC3)cc(c2)CSC[C@@H](C(=O)O)NC(=O)[C@H](Cc2cccnc2)NC(=O)[C@H](CCC(N)=O)NC(=O)[C@H]([C@@H](C)O)NC(=O)[C@@H]2CCCN2C(=O)[C@@H]2CCCN2C1. The molecule has 30 nitrogen and oxygen atoms in total. The summed E-state index contributed by atoms with van der Waals surface area (Å²) in [6, 6.07) is 1.14. The molecule has 554 valence electrons. The maximum absolute atomic E-state index is 14.7. The topological polar surface area (TPSA) is 424 Å². The number of aliphatic carboxylic acids is 4. The second kappa shape index (κ2) is 43.1. The Morgan fingerprint density at radius 1 is 0.660 bits per heavy atom. The van der Waals surface area contributed by atoms with Crippen molar-refractivity contribution in [3.8, 4) is 0 Å². The number of carboxylic acid groups (broad SMARTS) is 4. The lowest BCUT2D eigenvalue weighted by molar-refractivity contribution is -0.143. The number of thioether (sulfide) groups is 3. The van der Waals surface area contributed by atoms with Gasteiger partial charge in [-0.05, 0) is 92.5 Å². The van der Waals surface area contributed by atoms with Crippen LogP contribution in [-0.4, -0.2) is 295 Å². The minimum atomic E-state index is -1.66. The standard InChI is InChI=1S/C67H101N13O17S3/c1-3-4-5-14-57(84)70-49-34-79-18-7-13-55(79)66(95)80-19-8-12-54(80)64(93)74-61(44(2)81)65(94)71-51(15-16-56(68)83)62(91)72-52(32-45-10-6-17-69-33-45)63(92)73-53(67(96)97)43-100-41-48-30-46(29-47(31-48)40-99-42-49)39-98-28-9-11-50(82)35-75-20-22-76(36-58(85)86)24-26-78(38-60(89)90)27-25-77(23-21-75)37-59(87)88/h6,10,17,29-31,33,44,49,51-55,61,81H,3-5,7-9,11-16,18-28,32,34-43H2,1-2H3,(H2,68,83)(H,70,84)(H,71,94)(H,72,91)(H,73,92)(H,74,93)(H,85,86)(H,87,88)(H,89,90)(H,96,97)/t44-,49-,51+,52+,53+,54+,55+,61+/m1/s1. The van der Waals surface area contributed by atoms with Crippen molar-refractivity contribution in [1.82, 2.24) is 61.0 Å². The van der Waals surface area contributed by atoms with Crippen LogP contribution < -0.4 is 32.3 Å². The third-order valence-corrected chi connectivity index (χ3v) is 21.2. The normalized spacial score (nSPS) is 23.7. The minimum absolute atomic E-state index is 0.0479. The summed E-state index contributed by atoms with van der Waals surface area (Å²) in [6.45, 7) is 5.81. The number of hydrogen-bond donors (Lipinski definition) is 11. The first-order valence-corrected chi connectivity index (χ1v) is 37.9. The van der Waals surface area contributed by atoms with Gasteiger partial charge in [-0.3, -0.25) is 82.2 Å². The van der Waals surface area contributed by atoms with E-state index < -0.39 is 108 Å². The molecule has 12 N–H and O–H groups in total. The molecule has 0 radical (unpaired) electrons. The minimum Gasteiger partial charge on any atom is -0.480 e. The average Bonchev–Trinajstić information content (AvgIpc) is 1.65. The fourth-order valence-corrected chi connectivity index (χ4v) is 15.5. The van der Waals surface area contributed by atoms with Crippen LogP contribution in [0.3, 0.4) is 0 Å². The molecule has 1 aromatic carbocycles. The van der Waals surface area contributed by atoms with Gasteiger partial charge in [0.2, 0.25) is 41.4 Å². The molecule has 2 bridgehead atoms. The first-order valence-electron chi connectivity index (χ1n) is 34.4. The number of carboxylic acids is 4. The van der Waals surface area contributed by atoms with Gasteiger partial charge in [0, 0.05) is 132 Å². The summed E-state index contributed by atoms with van der Waals surface area (Å²) in [7, 11) is 0. The van der Waals surface area contributed by atoms with Crippen LogP contribution in [0.5, 0.6) is 0 Å². The number of carbonyl (C=O) groups is 12.